The molecule has 0 amide bonds. The highest BCUT2D eigenvalue weighted by atomic mass is 19.1. The standard InChI is InChI=1S/C21H17FO/c1-2-13-23-21-12-9-18-14-17(5-8-19(18)15-21)4-3-16-6-10-20(22)11-7-16/h5-12,14-15H,2,13H2,1H3. The van der Waals surface area contributed by atoms with Crippen molar-refractivity contribution >= 4 is 10.8 Å². The first-order chi connectivity index (χ1) is 11.2. The quantitative estimate of drug-likeness (QED) is 0.607. The normalized spacial score (nSPS) is 10.2. The van der Waals surface area contributed by atoms with Crippen LogP contribution in [0.15, 0.2) is 60.7 Å². The van der Waals surface area contributed by atoms with Gasteiger partial charge in [0, 0.05) is 11.1 Å². The average molecular weight is 304 g/mol. The maximum atomic E-state index is 12.9. The van der Waals surface area contributed by atoms with Gasteiger partial charge in [0.15, 0.2) is 0 Å². The van der Waals surface area contributed by atoms with Crippen LogP contribution in [0.5, 0.6) is 5.75 Å². The van der Waals surface area contributed by atoms with Gasteiger partial charge in [0.25, 0.3) is 0 Å². The number of ether oxygens (including phenoxy) is 1. The predicted molar refractivity (Wildman–Crippen MR) is 92.1 cm³/mol. The van der Waals surface area contributed by atoms with Gasteiger partial charge in [-0.3, -0.25) is 0 Å². The minimum atomic E-state index is -0.248. The SMILES string of the molecule is CCCOc1ccc2cc(C#Cc3ccc(F)cc3)ccc2c1. The summed E-state index contributed by atoms with van der Waals surface area (Å²) in [5.41, 5.74) is 1.74. The molecule has 3 aromatic rings. The summed E-state index contributed by atoms with van der Waals surface area (Å²) in [5, 5.41) is 2.26. The summed E-state index contributed by atoms with van der Waals surface area (Å²) in [6.07, 6.45) is 0.996. The van der Waals surface area contributed by atoms with Crippen molar-refractivity contribution in [2.24, 2.45) is 0 Å². The lowest BCUT2D eigenvalue weighted by Gasteiger charge is -2.06. The molecule has 3 rings (SSSR count). The minimum absolute atomic E-state index is 0.248. The van der Waals surface area contributed by atoms with E-state index in [1.807, 2.05) is 30.3 Å². The molecule has 0 aliphatic rings. The van der Waals surface area contributed by atoms with Crippen LogP contribution in [0.3, 0.4) is 0 Å². The van der Waals surface area contributed by atoms with Gasteiger partial charge in [-0.05, 0) is 65.7 Å². The first-order valence-corrected chi connectivity index (χ1v) is 7.69. The highest BCUT2D eigenvalue weighted by Gasteiger charge is 1.98. The van der Waals surface area contributed by atoms with Gasteiger partial charge in [0.05, 0.1) is 6.61 Å². The molecule has 3 aromatic carbocycles. The Kier molecular flexibility index (Phi) is 4.59. The van der Waals surface area contributed by atoms with E-state index >= 15 is 0 Å². The number of fused-ring (bicyclic) bond motifs is 1. The second kappa shape index (κ2) is 6.98. The maximum Gasteiger partial charge on any atom is 0.123 e. The van der Waals surface area contributed by atoms with Crippen LogP contribution in [0.25, 0.3) is 10.8 Å². The van der Waals surface area contributed by atoms with Crippen LogP contribution in [0, 0.1) is 17.7 Å². The molecule has 0 spiro atoms. The van der Waals surface area contributed by atoms with Crippen molar-refractivity contribution in [3.8, 4) is 17.6 Å². The van der Waals surface area contributed by atoms with E-state index in [0.29, 0.717) is 0 Å². The Labute approximate surface area is 135 Å². The fourth-order valence-electron chi connectivity index (χ4n) is 2.29. The van der Waals surface area contributed by atoms with Gasteiger partial charge >= 0.3 is 0 Å². The zero-order chi connectivity index (χ0) is 16.1. The van der Waals surface area contributed by atoms with Crippen LogP contribution in [0.2, 0.25) is 0 Å². The van der Waals surface area contributed by atoms with E-state index in [0.717, 1.165) is 40.7 Å². The molecule has 0 aliphatic carbocycles. The molecule has 0 radical (unpaired) electrons. The average Bonchev–Trinajstić information content (AvgIpc) is 2.59. The van der Waals surface area contributed by atoms with Crippen molar-refractivity contribution in [1.29, 1.82) is 0 Å². The van der Waals surface area contributed by atoms with E-state index in [1.165, 1.54) is 12.1 Å². The molecular formula is C21H17FO. The van der Waals surface area contributed by atoms with Gasteiger partial charge in [0.2, 0.25) is 0 Å². The summed E-state index contributed by atoms with van der Waals surface area (Å²) in [4.78, 5) is 0. The van der Waals surface area contributed by atoms with Crippen molar-refractivity contribution in [2.45, 2.75) is 13.3 Å². The highest BCUT2D eigenvalue weighted by molar-refractivity contribution is 5.85. The first kappa shape index (κ1) is 15.1. The van der Waals surface area contributed by atoms with Crippen LogP contribution in [-0.4, -0.2) is 6.61 Å². The van der Waals surface area contributed by atoms with Crippen molar-refractivity contribution < 1.29 is 9.13 Å². The number of hydrogen-bond acceptors (Lipinski definition) is 1. The van der Waals surface area contributed by atoms with Gasteiger partial charge in [-0.2, -0.15) is 0 Å². The summed E-state index contributed by atoms with van der Waals surface area (Å²) in [6.45, 7) is 2.82. The molecule has 23 heavy (non-hydrogen) atoms. The van der Waals surface area contributed by atoms with Gasteiger partial charge in [-0.1, -0.05) is 30.9 Å². The third-order valence-corrected chi connectivity index (χ3v) is 3.48. The summed E-state index contributed by atoms with van der Waals surface area (Å²) >= 11 is 0. The Hall–Kier alpha value is -2.79. The molecule has 0 heterocycles. The Balaban J connectivity index is 1.84. The van der Waals surface area contributed by atoms with Crippen LogP contribution in [0.4, 0.5) is 4.39 Å². The van der Waals surface area contributed by atoms with Gasteiger partial charge in [-0.25, -0.2) is 4.39 Å². The zero-order valence-electron chi connectivity index (χ0n) is 13.0. The molecule has 0 fully saturated rings. The van der Waals surface area contributed by atoms with E-state index in [1.54, 1.807) is 12.1 Å². The fraction of sp³-hybridized carbons (Fsp3) is 0.143. The molecule has 0 bridgehead atoms. The van der Waals surface area contributed by atoms with E-state index in [2.05, 4.69) is 24.8 Å². The molecule has 0 saturated carbocycles. The Morgan fingerprint density at radius 3 is 2.26 bits per heavy atom. The van der Waals surface area contributed by atoms with Crippen molar-refractivity contribution in [2.75, 3.05) is 6.61 Å². The van der Waals surface area contributed by atoms with Crippen molar-refractivity contribution in [3.63, 3.8) is 0 Å². The van der Waals surface area contributed by atoms with Crippen molar-refractivity contribution in [1.82, 2.24) is 0 Å². The molecule has 0 unspecified atom stereocenters. The Morgan fingerprint density at radius 1 is 0.826 bits per heavy atom. The van der Waals surface area contributed by atoms with Crippen LogP contribution in [0.1, 0.15) is 24.5 Å². The Bertz CT molecular complexity index is 870. The van der Waals surface area contributed by atoms with E-state index in [9.17, 15) is 4.39 Å². The summed E-state index contributed by atoms with van der Waals surface area (Å²) in [7, 11) is 0. The zero-order valence-corrected chi connectivity index (χ0v) is 13.0. The maximum absolute atomic E-state index is 12.9. The molecule has 0 N–H and O–H groups in total. The lowest BCUT2D eigenvalue weighted by atomic mass is 10.1. The molecule has 0 aliphatic heterocycles. The Morgan fingerprint density at radius 2 is 1.48 bits per heavy atom. The second-order valence-corrected chi connectivity index (χ2v) is 5.33. The number of rotatable bonds is 3. The second-order valence-electron chi connectivity index (χ2n) is 5.33. The number of halogens is 1. The van der Waals surface area contributed by atoms with E-state index < -0.39 is 0 Å². The van der Waals surface area contributed by atoms with Crippen LogP contribution < -0.4 is 4.74 Å². The van der Waals surface area contributed by atoms with E-state index in [4.69, 9.17) is 4.74 Å². The summed E-state index contributed by atoms with van der Waals surface area (Å²) in [6, 6.07) is 18.4. The first-order valence-electron chi connectivity index (χ1n) is 7.69. The largest absolute Gasteiger partial charge is 0.494 e. The molecule has 2 heteroatoms. The molecule has 0 saturated heterocycles. The van der Waals surface area contributed by atoms with Crippen LogP contribution >= 0.6 is 0 Å². The predicted octanol–water partition coefficient (Wildman–Crippen LogP) is 5.17. The monoisotopic (exact) mass is 304 g/mol. The summed E-state index contributed by atoms with van der Waals surface area (Å²) in [5.74, 6) is 6.81. The molecular weight excluding hydrogens is 287 g/mol. The lowest BCUT2D eigenvalue weighted by molar-refractivity contribution is 0.318. The highest BCUT2D eigenvalue weighted by Crippen LogP contribution is 2.22. The summed E-state index contributed by atoms with van der Waals surface area (Å²) < 4.78 is 18.5. The lowest BCUT2D eigenvalue weighted by Crippen LogP contribution is -1.94. The minimum Gasteiger partial charge on any atom is -0.494 e. The van der Waals surface area contributed by atoms with Crippen LogP contribution in [-0.2, 0) is 0 Å². The third kappa shape index (κ3) is 3.90. The molecule has 114 valence electrons. The number of hydrogen-bond donors (Lipinski definition) is 0. The molecule has 0 aromatic heterocycles. The number of benzene rings is 3. The van der Waals surface area contributed by atoms with Crippen molar-refractivity contribution in [3.05, 3.63) is 77.6 Å². The van der Waals surface area contributed by atoms with Gasteiger partial charge < -0.3 is 4.74 Å². The fourth-order valence-corrected chi connectivity index (χ4v) is 2.29. The third-order valence-electron chi connectivity index (χ3n) is 3.48. The topological polar surface area (TPSA) is 9.23 Å². The molecule has 1 nitrogen and oxygen atoms in total. The van der Waals surface area contributed by atoms with E-state index in [-0.39, 0.29) is 5.82 Å². The smallest absolute Gasteiger partial charge is 0.123 e. The molecule has 0 atom stereocenters. The van der Waals surface area contributed by atoms with Gasteiger partial charge in [0.1, 0.15) is 11.6 Å². The van der Waals surface area contributed by atoms with Gasteiger partial charge in [-0.15, -0.1) is 0 Å².